The molecule has 1 aliphatic heterocycles. The Morgan fingerprint density at radius 2 is 2.00 bits per heavy atom. The van der Waals surface area contributed by atoms with Gasteiger partial charge in [0.25, 0.3) is 0 Å². The molecule has 4 rings (SSSR count). The summed E-state index contributed by atoms with van der Waals surface area (Å²) in [5.41, 5.74) is 5.48. The monoisotopic (exact) mass is 347 g/mol. The molecule has 0 spiro atoms. The fourth-order valence-electron chi connectivity index (χ4n) is 3.48. The van der Waals surface area contributed by atoms with Crippen molar-refractivity contribution in [2.45, 2.75) is 26.2 Å². The van der Waals surface area contributed by atoms with Crippen LogP contribution in [0.5, 0.6) is 0 Å². The van der Waals surface area contributed by atoms with Crippen LogP contribution in [0.2, 0.25) is 0 Å². The molecule has 0 amide bonds. The Hall–Kier alpha value is -3.08. The molecule has 5 nitrogen and oxygen atoms in total. The number of anilines is 1. The highest BCUT2D eigenvalue weighted by Gasteiger charge is 2.22. The van der Waals surface area contributed by atoms with Crippen LogP contribution >= 0.6 is 0 Å². The van der Waals surface area contributed by atoms with Crippen LogP contribution < -0.4 is 5.32 Å². The van der Waals surface area contributed by atoms with Crippen LogP contribution in [0.4, 0.5) is 5.82 Å². The highest BCUT2D eigenvalue weighted by molar-refractivity contribution is 5.88. The molecule has 26 heavy (non-hydrogen) atoms. The SMILES string of the molecule is Cc1cccc(-c2nn(-c3cccc(C(=O)O)c3)c3c2CCCCN3)c1. The fourth-order valence-corrected chi connectivity index (χ4v) is 3.48. The maximum Gasteiger partial charge on any atom is 0.335 e. The predicted octanol–water partition coefficient (Wildman–Crippen LogP) is 4.29. The molecular weight excluding hydrogens is 326 g/mol. The van der Waals surface area contributed by atoms with Crippen molar-refractivity contribution < 1.29 is 9.90 Å². The second-order valence-corrected chi connectivity index (χ2v) is 6.70. The Morgan fingerprint density at radius 1 is 1.15 bits per heavy atom. The minimum absolute atomic E-state index is 0.262. The van der Waals surface area contributed by atoms with Crippen molar-refractivity contribution in [2.75, 3.05) is 11.9 Å². The van der Waals surface area contributed by atoms with Gasteiger partial charge in [-0.3, -0.25) is 0 Å². The number of rotatable bonds is 3. The van der Waals surface area contributed by atoms with Gasteiger partial charge in [-0.05, 0) is 50.5 Å². The number of aromatic carboxylic acids is 1. The number of carbonyl (C=O) groups is 1. The molecule has 2 N–H and O–H groups in total. The number of carboxylic acid groups (broad SMARTS) is 1. The molecule has 132 valence electrons. The van der Waals surface area contributed by atoms with Crippen molar-refractivity contribution in [1.29, 1.82) is 0 Å². The smallest absolute Gasteiger partial charge is 0.335 e. The summed E-state index contributed by atoms with van der Waals surface area (Å²) in [5, 5.41) is 17.7. The van der Waals surface area contributed by atoms with E-state index in [1.165, 1.54) is 11.1 Å². The molecule has 0 saturated carbocycles. The number of fused-ring (bicyclic) bond motifs is 1. The highest BCUT2D eigenvalue weighted by Crippen LogP contribution is 2.34. The van der Waals surface area contributed by atoms with E-state index in [9.17, 15) is 9.90 Å². The van der Waals surface area contributed by atoms with E-state index in [2.05, 4.69) is 30.4 Å². The number of benzene rings is 2. The summed E-state index contributed by atoms with van der Waals surface area (Å²) in [6.45, 7) is 2.97. The Labute approximate surface area is 152 Å². The molecule has 0 saturated heterocycles. The maximum absolute atomic E-state index is 11.3. The Kier molecular flexibility index (Phi) is 4.21. The molecule has 2 heterocycles. The first-order valence-corrected chi connectivity index (χ1v) is 8.90. The van der Waals surface area contributed by atoms with Crippen LogP contribution in [0.15, 0.2) is 48.5 Å². The van der Waals surface area contributed by atoms with Gasteiger partial charge >= 0.3 is 5.97 Å². The summed E-state index contributed by atoms with van der Waals surface area (Å²) in [6, 6.07) is 15.3. The molecule has 2 aromatic carbocycles. The summed E-state index contributed by atoms with van der Waals surface area (Å²) in [5.74, 6) is 0.0403. The molecule has 0 aliphatic carbocycles. The average Bonchev–Trinajstić information content (AvgIpc) is 2.83. The van der Waals surface area contributed by atoms with Gasteiger partial charge in [-0.2, -0.15) is 5.10 Å². The summed E-state index contributed by atoms with van der Waals surface area (Å²) < 4.78 is 1.85. The van der Waals surface area contributed by atoms with Crippen LogP contribution in [0.1, 0.15) is 34.3 Å². The van der Waals surface area contributed by atoms with Gasteiger partial charge < -0.3 is 10.4 Å². The molecule has 5 heteroatoms. The van der Waals surface area contributed by atoms with Crippen molar-refractivity contribution in [3.8, 4) is 16.9 Å². The van der Waals surface area contributed by atoms with Crippen LogP contribution in [-0.2, 0) is 6.42 Å². The lowest BCUT2D eigenvalue weighted by atomic mass is 10.0. The summed E-state index contributed by atoms with van der Waals surface area (Å²) in [4.78, 5) is 11.3. The van der Waals surface area contributed by atoms with Crippen molar-refractivity contribution in [3.63, 3.8) is 0 Å². The largest absolute Gasteiger partial charge is 0.478 e. The fraction of sp³-hybridized carbons (Fsp3) is 0.238. The first kappa shape index (κ1) is 16.4. The maximum atomic E-state index is 11.3. The lowest BCUT2D eigenvalue weighted by Crippen LogP contribution is -2.08. The number of aromatic nitrogens is 2. The van der Waals surface area contributed by atoms with Crippen LogP contribution in [0, 0.1) is 6.92 Å². The average molecular weight is 347 g/mol. The molecule has 3 aromatic rings. The quantitative estimate of drug-likeness (QED) is 0.741. The van der Waals surface area contributed by atoms with E-state index < -0.39 is 5.97 Å². The van der Waals surface area contributed by atoms with Crippen molar-refractivity contribution in [3.05, 3.63) is 65.2 Å². The number of nitrogens with one attached hydrogen (secondary N) is 1. The Balaban J connectivity index is 1.90. The lowest BCUT2D eigenvalue weighted by molar-refractivity contribution is 0.0697. The second kappa shape index (κ2) is 6.67. The van der Waals surface area contributed by atoms with E-state index in [4.69, 9.17) is 5.10 Å². The number of carboxylic acids is 1. The minimum Gasteiger partial charge on any atom is -0.478 e. The van der Waals surface area contributed by atoms with Crippen LogP contribution in [-0.4, -0.2) is 27.4 Å². The first-order valence-electron chi connectivity index (χ1n) is 8.90. The zero-order valence-electron chi connectivity index (χ0n) is 14.7. The third kappa shape index (κ3) is 2.96. The van der Waals surface area contributed by atoms with E-state index in [0.29, 0.717) is 0 Å². The molecule has 0 atom stereocenters. The van der Waals surface area contributed by atoms with Crippen LogP contribution in [0.3, 0.4) is 0 Å². The van der Waals surface area contributed by atoms with Gasteiger partial charge in [-0.15, -0.1) is 0 Å². The van der Waals surface area contributed by atoms with E-state index >= 15 is 0 Å². The molecule has 0 unspecified atom stereocenters. The molecule has 0 bridgehead atoms. The summed E-state index contributed by atoms with van der Waals surface area (Å²) in [6.07, 6.45) is 3.18. The van der Waals surface area contributed by atoms with Gasteiger partial charge in [0.15, 0.2) is 0 Å². The molecule has 1 aromatic heterocycles. The van der Waals surface area contributed by atoms with E-state index in [0.717, 1.165) is 48.6 Å². The van der Waals surface area contributed by atoms with Crippen molar-refractivity contribution >= 4 is 11.8 Å². The van der Waals surface area contributed by atoms with Gasteiger partial charge in [-0.1, -0.05) is 29.8 Å². The van der Waals surface area contributed by atoms with Gasteiger partial charge in [0.1, 0.15) is 5.82 Å². The van der Waals surface area contributed by atoms with E-state index in [1.54, 1.807) is 18.2 Å². The normalized spacial score (nSPS) is 13.6. The molecular formula is C21H21N3O2. The van der Waals surface area contributed by atoms with Gasteiger partial charge in [0, 0.05) is 17.7 Å². The van der Waals surface area contributed by atoms with Gasteiger partial charge in [-0.25, -0.2) is 9.48 Å². The number of hydrogen-bond donors (Lipinski definition) is 2. The zero-order chi connectivity index (χ0) is 18.1. The predicted molar refractivity (Wildman–Crippen MR) is 102 cm³/mol. The summed E-state index contributed by atoms with van der Waals surface area (Å²) >= 11 is 0. The number of aryl methyl sites for hydroxylation is 1. The molecule has 0 radical (unpaired) electrons. The van der Waals surface area contributed by atoms with Gasteiger partial charge in [0.05, 0.1) is 16.9 Å². The number of nitrogens with zero attached hydrogens (tertiary/aromatic N) is 2. The van der Waals surface area contributed by atoms with Crippen molar-refractivity contribution in [2.24, 2.45) is 0 Å². The first-order chi connectivity index (χ1) is 12.6. The minimum atomic E-state index is -0.933. The van der Waals surface area contributed by atoms with Crippen molar-refractivity contribution in [1.82, 2.24) is 9.78 Å². The molecule has 1 aliphatic rings. The lowest BCUT2D eigenvalue weighted by Gasteiger charge is -2.09. The summed E-state index contributed by atoms with van der Waals surface area (Å²) in [7, 11) is 0. The second-order valence-electron chi connectivity index (χ2n) is 6.70. The topological polar surface area (TPSA) is 67.2 Å². The number of hydrogen-bond acceptors (Lipinski definition) is 3. The van der Waals surface area contributed by atoms with E-state index in [1.807, 2.05) is 16.8 Å². The van der Waals surface area contributed by atoms with Crippen LogP contribution in [0.25, 0.3) is 16.9 Å². The van der Waals surface area contributed by atoms with Gasteiger partial charge in [0.2, 0.25) is 0 Å². The Bertz CT molecular complexity index is 975. The highest BCUT2D eigenvalue weighted by atomic mass is 16.4. The van der Waals surface area contributed by atoms with E-state index in [-0.39, 0.29) is 5.56 Å². The zero-order valence-corrected chi connectivity index (χ0v) is 14.7. The standard InChI is InChI=1S/C21H21N3O2/c1-14-6-4-7-15(12-14)19-18-10-2-3-11-22-20(18)24(23-19)17-9-5-8-16(13-17)21(25)26/h4-9,12-13,22H,2-3,10-11H2,1H3,(H,25,26). The third-order valence-corrected chi connectivity index (χ3v) is 4.76. The molecule has 0 fully saturated rings. The third-order valence-electron chi connectivity index (χ3n) is 4.76. The Morgan fingerprint density at radius 3 is 2.81 bits per heavy atom.